The van der Waals surface area contributed by atoms with E-state index in [4.69, 9.17) is 4.74 Å². The van der Waals surface area contributed by atoms with Gasteiger partial charge in [0.2, 0.25) is 0 Å². The van der Waals surface area contributed by atoms with E-state index in [1.165, 1.54) is 0 Å². The number of hydrogen-bond acceptors (Lipinski definition) is 4. The van der Waals surface area contributed by atoms with Gasteiger partial charge in [-0.05, 0) is 34.1 Å². The monoisotopic (exact) mass is 335 g/mol. The molecule has 1 aromatic carbocycles. The summed E-state index contributed by atoms with van der Waals surface area (Å²) >= 11 is 3.47. The van der Waals surface area contributed by atoms with E-state index in [1.807, 2.05) is 30.6 Å². The minimum absolute atomic E-state index is 0.451. The van der Waals surface area contributed by atoms with Crippen LogP contribution in [0, 0.1) is 0 Å². The zero-order valence-electron chi connectivity index (χ0n) is 11.9. The predicted molar refractivity (Wildman–Crippen MR) is 83.7 cm³/mol. The van der Waals surface area contributed by atoms with Crippen LogP contribution in [0.4, 0.5) is 0 Å². The van der Waals surface area contributed by atoms with E-state index in [2.05, 4.69) is 45.1 Å². The van der Waals surface area contributed by atoms with Crippen molar-refractivity contribution in [2.45, 2.75) is 26.4 Å². The molecule has 5 heteroatoms. The van der Waals surface area contributed by atoms with Gasteiger partial charge in [0.05, 0.1) is 11.6 Å². The number of nitrogens with zero attached hydrogens (tertiary/aromatic N) is 2. The third-order valence-electron chi connectivity index (χ3n) is 2.83. The van der Waals surface area contributed by atoms with Crippen LogP contribution in [-0.2, 0) is 6.54 Å². The van der Waals surface area contributed by atoms with Crippen LogP contribution in [0.2, 0.25) is 0 Å². The van der Waals surface area contributed by atoms with E-state index in [1.54, 1.807) is 7.11 Å². The van der Waals surface area contributed by atoms with Crippen LogP contribution < -0.4 is 10.1 Å². The van der Waals surface area contributed by atoms with Crippen LogP contribution in [0.1, 0.15) is 19.4 Å². The van der Waals surface area contributed by atoms with Gasteiger partial charge in [0.1, 0.15) is 5.75 Å². The average Bonchev–Trinajstić information content (AvgIpc) is 2.45. The molecule has 1 N–H and O–H groups in total. The highest BCUT2D eigenvalue weighted by atomic mass is 79.9. The van der Waals surface area contributed by atoms with Crippen molar-refractivity contribution < 1.29 is 4.74 Å². The second kappa shape index (κ2) is 6.81. The second-order valence-electron chi connectivity index (χ2n) is 4.80. The molecule has 1 heterocycles. The maximum absolute atomic E-state index is 5.21. The topological polar surface area (TPSA) is 47.0 Å². The van der Waals surface area contributed by atoms with Crippen LogP contribution in [0.5, 0.6) is 5.75 Å². The van der Waals surface area contributed by atoms with Gasteiger partial charge in [-0.3, -0.25) is 0 Å². The van der Waals surface area contributed by atoms with Crippen molar-refractivity contribution in [3.8, 4) is 17.1 Å². The highest BCUT2D eigenvalue weighted by molar-refractivity contribution is 9.10. The van der Waals surface area contributed by atoms with Crippen molar-refractivity contribution in [2.75, 3.05) is 7.11 Å². The fraction of sp³-hybridized carbons (Fsp3) is 0.333. The lowest BCUT2D eigenvalue weighted by atomic mass is 10.2. The molecule has 0 amide bonds. The smallest absolute Gasteiger partial charge is 0.159 e. The zero-order chi connectivity index (χ0) is 14.5. The molecule has 0 saturated carbocycles. The minimum atomic E-state index is 0.451. The summed E-state index contributed by atoms with van der Waals surface area (Å²) in [5.74, 6) is 1.51. The first-order chi connectivity index (χ1) is 9.60. The Labute approximate surface area is 127 Å². The highest BCUT2D eigenvalue weighted by Gasteiger charge is 2.06. The summed E-state index contributed by atoms with van der Waals surface area (Å²) in [6.07, 6.45) is 3.71. The average molecular weight is 336 g/mol. The van der Waals surface area contributed by atoms with E-state index in [9.17, 15) is 0 Å². The van der Waals surface area contributed by atoms with Gasteiger partial charge >= 0.3 is 0 Å². The van der Waals surface area contributed by atoms with Crippen molar-refractivity contribution in [1.29, 1.82) is 0 Å². The summed E-state index contributed by atoms with van der Waals surface area (Å²) in [4.78, 5) is 8.82. The minimum Gasteiger partial charge on any atom is -0.496 e. The van der Waals surface area contributed by atoms with Crippen molar-refractivity contribution in [1.82, 2.24) is 15.3 Å². The first-order valence-electron chi connectivity index (χ1n) is 6.48. The quantitative estimate of drug-likeness (QED) is 0.909. The van der Waals surface area contributed by atoms with Crippen LogP contribution in [0.3, 0.4) is 0 Å². The molecule has 0 fully saturated rings. The first-order valence-corrected chi connectivity index (χ1v) is 7.27. The Morgan fingerprint density at radius 1 is 1.25 bits per heavy atom. The number of hydrogen-bond donors (Lipinski definition) is 1. The first kappa shape index (κ1) is 14.9. The Hall–Kier alpha value is -1.46. The van der Waals surface area contributed by atoms with Crippen molar-refractivity contribution in [3.05, 3.63) is 40.6 Å². The van der Waals surface area contributed by atoms with E-state index < -0.39 is 0 Å². The van der Waals surface area contributed by atoms with Crippen LogP contribution >= 0.6 is 15.9 Å². The molecule has 0 aliphatic carbocycles. The predicted octanol–water partition coefficient (Wildman–Crippen LogP) is 3.41. The van der Waals surface area contributed by atoms with E-state index in [0.29, 0.717) is 11.9 Å². The SMILES string of the molecule is COc1ccc(-c2ncc(CNC(C)C)cn2)cc1Br. The van der Waals surface area contributed by atoms with Gasteiger partial charge in [-0.25, -0.2) is 9.97 Å². The van der Waals surface area contributed by atoms with Crippen LogP contribution in [-0.4, -0.2) is 23.1 Å². The van der Waals surface area contributed by atoms with Gasteiger partial charge in [0.25, 0.3) is 0 Å². The summed E-state index contributed by atoms with van der Waals surface area (Å²) in [6, 6.07) is 6.26. The molecule has 1 aromatic heterocycles. The Bertz CT molecular complexity index is 570. The van der Waals surface area contributed by atoms with Gasteiger partial charge in [0.15, 0.2) is 5.82 Å². The molecular weight excluding hydrogens is 318 g/mol. The molecule has 0 spiro atoms. The Morgan fingerprint density at radius 2 is 1.95 bits per heavy atom. The molecule has 0 unspecified atom stereocenters. The fourth-order valence-corrected chi connectivity index (χ4v) is 2.26. The molecular formula is C15H18BrN3O. The van der Waals surface area contributed by atoms with Crippen molar-refractivity contribution in [2.24, 2.45) is 0 Å². The molecule has 106 valence electrons. The number of aromatic nitrogens is 2. The normalized spacial score (nSPS) is 10.8. The fourth-order valence-electron chi connectivity index (χ4n) is 1.72. The standard InChI is InChI=1S/C15H18BrN3O/c1-10(2)17-7-11-8-18-15(19-9-11)12-4-5-14(20-3)13(16)6-12/h4-6,8-10,17H,7H2,1-3H3. The number of rotatable bonds is 5. The maximum Gasteiger partial charge on any atom is 0.159 e. The number of halogens is 1. The van der Waals surface area contributed by atoms with Crippen LogP contribution in [0.15, 0.2) is 35.1 Å². The van der Waals surface area contributed by atoms with Crippen molar-refractivity contribution in [3.63, 3.8) is 0 Å². The van der Waals surface area contributed by atoms with E-state index in [0.717, 1.165) is 27.9 Å². The molecule has 4 nitrogen and oxygen atoms in total. The van der Waals surface area contributed by atoms with Gasteiger partial charge in [0, 0.05) is 36.1 Å². The summed E-state index contributed by atoms with van der Waals surface area (Å²) in [6.45, 7) is 5.01. The molecule has 20 heavy (non-hydrogen) atoms. The maximum atomic E-state index is 5.21. The van der Waals surface area contributed by atoms with Gasteiger partial charge < -0.3 is 10.1 Å². The van der Waals surface area contributed by atoms with Crippen molar-refractivity contribution >= 4 is 15.9 Å². The highest BCUT2D eigenvalue weighted by Crippen LogP contribution is 2.28. The Balaban J connectivity index is 2.15. The lowest BCUT2D eigenvalue weighted by molar-refractivity contribution is 0.412. The number of methoxy groups -OCH3 is 1. The number of nitrogens with one attached hydrogen (secondary N) is 1. The lowest BCUT2D eigenvalue weighted by Gasteiger charge is -2.08. The molecule has 2 rings (SSSR count). The second-order valence-corrected chi connectivity index (χ2v) is 5.65. The molecule has 2 aromatic rings. The number of ether oxygens (including phenoxy) is 1. The largest absolute Gasteiger partial charge is 0.496 e. The van der Waals surface area contributed by atoms with E-state index in [-0.39, 0.29) is 0 Å². The molecule has 0 aliphatic heterocycles. The van der Waals surface area contributed by atoms with Gasteiger partial charge in [-0.1, -0.05) is 13.8 Å². The lowest BCUT2D eigenvalue weighted by Crippen LogP contribution is -2.21. The molecule has 0 bridgehead atoms. The molecule has 0 aliphatic rings. The van der Waals surface area contributed by atoms with E-state index >= 15 is 0 Å². The van der Waals surface area contributed by atoms with Crippen LogP contribution in [0.25, 0.3) is 11.4 Å². The third-order valence-corrected chi connectivity index (χ3v) is 3.45. The molecule has 0 radical (unpaired) electrons. The summed E-state index contributed by atoms with van der Waals surface area (Å²) in [5.41, 5.74) is 2.04. The summed E-state index contributed by atoms with van der Waals surface area (Å²) in [7, 11) is 1.65. The zero-order valence-corrected chi connectivity index (χ0v) is 13.4. The van der Waals surface area contributed by atoms with Gasteiger partial charge in [-0.2, -0.15) is 0 Å². The third kappa shape index (κ3) is 3.77. The summed E-state index contributed by atoms with van der Waals surface area (Å²) in [5, 5.41) is 3.34. The molecule has 0 atom stereocenters. The van der Waals surface area contributed by atoms with Gasteiger partial charge in [-0.15, -0.1) is 0 Å². The Kier molecular flexibility index (Phi) is 5.09. The number of benzene rings is 1. The summed E-state index contributed by atoms with van der Waals surface area (Å²) < 4.78 is 6.11. The molecule has 0 saturated heterocycles. The Morgan fingerprint density at radius 3 is 2.50 bits per heavy atom.